The van der Waals surface area contributed by atoms with Crippen molar-refractivity contribution < 1.29 is 32.3 Å². The number of ether oxygens (including phenoxy) is 1. The lowest BCUT2D eigenvalue weighted by Gasteiger charge is -2.27. The molecule has 2 N–H and O–H groups in total. The van der Waals surface area contributed by atoms with Crippen LogP contribution in [0, 0.1) is 23.3 Å². The predicted molar refractivity (Wildman–Crippen MR) is 89.1 cm³/mol. The van der Waals surface area contributed by atoms with Crippen molar-refractivity contribution in [3.05, 3.63) is 70.8 Å². The average molecular weight is 385 g/mol. The Labute approximate surface area is 153 Å². The highest BCUT2D eigenvalue weighted by atomic mass is 19.1. The first kappa shape index (κ1) is 20.9. The minimum Gasteiger partial charge on any atom is -0.377 e. The van der Waals surface area contributed by atoms with E-state index in [1.54, 1.807) is 6.92 Å². The van der Waals surface area contributed by atoms with E-state index >= 15 is 0 Å². The molecule has 2 atom stereocenters. The Hall–Kier alpha value is -2.45. The molecule has 0 bridgehead atoms. The first-order valence-corrected chi connectivity index (χ1v) is 8.29. The zero-order chi connectivity index (χ0) is 20.0. The van der Waals surface area contributed by atoms with E-state index in [4.69, 9.17) is 9.94 Å². The van der Waals surface area contributed by atoms with E-state index in [0.29, 0.717) is 12.1 Å². The number of carbonyl (C=O) groups is 1. The summed E-state index contributed by atoms with van der Waals surface area (Å²) in [6, 6.07) is 5.89. The molecule has 0 saturated carbocycles. The number of hydrogen-bond donors (Lipinski definition) is 2. The lowest BCUT2D eigenvalue weighted by molar-refractivity contribution is -0.132. The average Bonchev–Trinajstić information content (AvgIpc) is 2.61. The first-order valence-electron chi connectivity index (χ1n) is 8.29. The van der Waals surface area contributed by atoms with Gasteiger partial charge in [0.1, 0.15) is 23.3 Å². The van der Waals surface area contributed by atoms with Crippen LogP contribution in [0.1, 0.15) is 30.4 Å². The van der Waals surface area contributed by atoms with Gasteiger partial charge < -0.3 is 4.74 Å². The molecule has 0 heterocycles. The van der Waals surface area contributed by atoms with Crippen LogP contribution in [0.4, 0.5) is 17.6 Å². The number of nitrogens with one attached hydrogen (secondary N) is 1. The van der Waals surface area contributed by atoms with Crippen LogP contribution in [0.3, 0.4) is 0 Å². The summed E-state index contributed by atoms with van der Waals surface area (Å²) in [5.74, 6) is -4.92. The monoisotopic (exact) mass is 385 g/mol. The summed E-state index contributed by atoms with van der Waals surface area (Å²) in [4.78, 5) is 11.6. The van der Waals surface area contributed by atoms with E-state index in [0.717, 1.165) is 12.1 Å². The normalized spacial score (nSPS) is 13.3. The lowest BCUT2D eigenvalue weighted by atomic mass is 9.85. The van der Waals surface area contributed by atoms with Crippen LogP contribution in [-0.4, -0.2) is 23.8 Å². The Bertz CT molecular complexity index is 801. The van der Waals surface area contributed by atoms with Gasteiger partial charge in [0, 0.05) is 24.7 Å². The van der Waals surface area contributed by atoms with Gasteiger partial charge in [0.15, 0.2) is 0 Å². The Kier molecular flexibility index (Phi) is 7.32. The number of amides is 1. The smallest absolute Gasteiger partial charge is 0.245 e. The first-order chi connectivity index (χ1) is 12.8. The van der Waals surface area contributed by atoms with Crippen molar-refractivity contribution in [2.24, 2.45) is 0 Å². The maximum Gasteiger partial charge on any atom is 0.245 e. The summed E-state index contributed by atoms with van der Waals surface area (Å²) in [6.45, 7) is 1.81. The van der Waals surface area contributed by atoms with Gasteiger partial charge in [-0.15, -0.1) is 0 Å². The molecule has 0 aliphatic rings. The van der Waals surface area contributed by atoms with Gasteiger partial charge in [-0.2, -0.15) is 0 Å². The number of halogens is 4. The van der Waals surface area contributed by atoms with Gasteiger partial charge in [0.2, 0.25) is 5.91 Å². The van der Waals surface area contributed by atoms with Crippen LogP contribution >= 0.6 is 0 Å². The van der Waals surface area contributed by atoms with E-state index in [1.165, 1.54) is 17.6 Å². The Morgan fingerprint density at radius 1 is 1.07 bits per heavy atom. The highest BCUT2D eigenvalue weighted by Gasteiger charge is 2.29. The van der Waals surface area contributed by atoms with Crippen LogP contribution in [0.15, 0.2) is 36.4 Å². The van der Waals surface area contributed by atoms with Crippen molar-refractivity contribution in [2.45, 2.75) is 31.8 Å². The number of carbonyl (C=O) groups excluding carboxylic acids is 1. The summed E-state index contributed by atoms with van der Waals surface area (Å²) in [5, 5.41) is 8.78. The second-order valence-corrected chi connectivity index (χ2v) is 5.95. The van der Waals surface area contributed by atoms with Crippen molar-refractivity contribution in [2.75, 3.05) is 6.61 Å². The van der Waals surface area contributed by atoms with Gasteiger partial charge >= 0.3 is 0 Å². The molecule has 0 fully saturated rings. The third-order valence-electron chi connectivity index (χ3n) is 4.16. The molecule has 146 valence electrons. The largest absolute Gasteiger partial charge is 0.377 e. The molecule has 8 heteroatoms. The maximum atomic E-state index is 14.4. The molecule has 0 aromatic heterocycles. The van der Waals surface area contributed by atoms with Crippen molar-refractivity contribution in [1.29, 1.82) is 0 Å². The van der Waals surface area contributed by atoms with E-state index in [-0.39, 0.29) is 30.6 Å². The van der Waals surface area contributed by atoms with Crippen molar-refractivity contribution in [3.8, 4) is 0 Å². The van der Waals surface area contributed by atoms with Crippen molar-refractivity contribution in [1.82, 2.24) is 5.48 Å². The Morgan fingerprint density at radius 3 is 2.26 bits per heavy atom. The molecule has 0 aliphatic heterocycles. The van der Waals surface area contributed by atoms with E-state index in [2.05, 4.69) is 0 Å². The maximum absolute atomic E-state index is 14.4. The Morgan fingerprint density at radius 2 is 1.70 bits per heavy atom. The van der Waals surface area contributed by atoms with Crippen LogP contribution in [0.25, 0.3) is 0 Å². The molecule has 2 rings (SSSR count). The number of rotatable bonds is 8. The zero-order valence-corrected chi connectivity index (χ0v) is 14.5. The van der Waals surface area contributed by atoms with Crippen LogP contribution in [0.5, 0.6) is 0 Å². The topological polar surface area (TPSA) is 58.6 Å². The molecular weight excluding hydrogens is 366 g/mol. The van der Waals surface area contributed by atoms with E-state index in [1.807, 2.05) is 0 Å². The molecule has 1 amide bonds. The Balaban J connectivity index is 2.46. The highest BCUT2D eigenvalue weighted by molar-refractivity contribution is 5.75. The van der Waals surface area contributed by atoms with Crippen LogP contribution in [0.2, 0.25) is 0 Å². The third-order valence-corrected chi connectivity index (χ3v) is 4.16. The number of hydrogen-bond acceptors (Lipinski definition) is 3. The van der Waals surface area contributed by atoms with E-state index in [9.17, 15) is 22.4 Å². The molecule has 0 spiro atoms. The fraction of sp³-hybridized carbons (Fsp3) is 0.316. The fourth-order valence-corrected chi connectivity index (χ4v) is 2.93. The molecule has 0 unspecified atom stereocenters. The van der Waals surface area contributed by atoms with Gasteiger partial charge in [-0.3, -0.25) is 10.0 Å². The SMILES string of the molecule is CCO[C@H](CC(=O)NO)[C@H](Cc1ccc(F)cc1F)c1ccc(F)cc1F. The zero-order valence-electron chi connectivity index (χ0n) is 14.5. The van der Waals surface area contributed by atoms with E-state index < -0.39 is 41.2 Å². The van der Waals surface area contributed by atoms with Gasteiger partial charge in [0.25, 0.3) is 0 Å². The molecule has 2 aromatic rings. The fourth-order valence-electron chi connectivity index (χ4n) is 2.93. The minimum absolute atomic E-state index is 0.0179. The van der Waals surface area contributed by atoms with Crippen LogP contribution < -0.4 is 5.48 Å². The van der Waals surface area contributed by atoms with Crippen molar-refractivity contribution in [3.63, 3.8) is 0 Å². The third kappa shape index (κ3) is 5.51. The number of hydroxylamine groups is 1. The standard InChI is InChI=1S/C19H19F4NO3/c1-2-27-18(10-19(25)24-26)15(14-6-5-13(21)9-17(14)23)7-11-3-4-12(20)8-16(11)22/h3-6,8-9,15,18,26H,2,7,10H2,1H3,(H,24,25)/t15-,18-/m1/s1. The molecule has 0 radical (unpaired) electrons. The summed E-state index contributed by atoms with van der Waals surface area (Å²) >= 11 is 0. The summed E-state index contributed by atoms with van der Waals surface area (Å²) in [7, 11) is 0. The predicted octanol–water partition coefficient (Wildman–Crippen LogP) is 3.87. The minimum atomic E-state index is -0.938. The van der Waals surface area contributed by atoms with Gasteiger partial charge in [-0.1, -0.05) is 12.1 Å². The second-order valence-electron chi connectivity index (χ2n) is 5.95. The lowest BCUT2D eigenvalue weighted by Crippen LogP contribution is -2.32. The molecule has 27 heavy (non-hydrogen) atoms. The van der Waals surface area contributed by atoms with Crippen LogP contribution in [-0.2, 0) is 16.0 Å². The molecule has 0 aliphatic carbocycles. The molecule has 4 nitrogen and oxygen atoms in total. The summed E-state index contributed by atoms with van der Waals surface area (Å²) in [6.07, 6.45) is -1.40. The molecule has 0 saturated heterocycles. The number of benzene rings is 2. The van der Waals surface area contributed by atoms with Gasteiger partial charge in [-0.05, 0) is 36.6 Å². The summed E-state index contributed by atoms with van der Waals surface area (Å²) < 4.78 is 60.5. The molecular formula is C19H19F4NO3. The van der Waals surface area contributed by atoms with Crippen molar-refractivity contribution >= 4 is 5.91 Å². The summed E-state index contributed by atoms with van der Waals surface area (Å²) in [5.41, 5.74) is 1.57. The molecule has 2 aromatic carbocycles. The quantitative estimate of drug-likeness (QED) is 0.412. The second kappa shape index (κ2) is 9.48. The van der Waals surface area contributed by atoms with Gasteiger partial charge in [-0.25, -0.2) is 23.0 Å². The van der Waals surface area contributed by atoms with Gasteiger partial charge in [0.05, 0.1) is 12.5 Å². The highest BCUT2D eigenvalue weighted by Crippen LogP contribution is 2.31.